The molecular formula is C18H22N2O3. The summed E-state index contributed by atoms with van der Waals surface area (Å²) in [7, 11) is 1.46. The normalized spacial score (nSPS) is 10.3. The summed E-state index contributed by atoms with van der Waals surface area (Å²) in [5.41, 5.74) is 4.38. The first-order valence-corrected chi connectivity index (χ1v) is 7.42. The number of carbonyl (C=O) groups excluding carboxylic acids is 1. The van der Waals surface area contributed by atoms with Crippen molar-refractivity contribution in [3.8, 4) is 5.75 Å². The molecular weight excluding hydrogens is 292 g/mol. The number of anilines is 1. The predicted molar refractivity (Wildman–Crippen MR) is 90.1 cm³/mol. The van der Waals surface area contributed by atoms with Crippen LogP contribution in [-0.4, -0.2) is 18.3 Å². The molecule has 0 aromatic heterocycles. The summed E-state index contributed by atoms with van der Waals surface area (Å²) in [5, 5.41) is 13.0. The van der Waals surface area contributed by atoms with E-state index in [0.717, 1.165) is 22.4 Å². The fourth-order valence-corrected chi connectivity index (χ4v) is 2.37. The predicted octanol–water partition coefficient (Wildman–Crippen LogP) is 3.73. The van der Waals surface area contributed by atoms with Crippen LogP contribution in [0.1, 0.15) is 22.3 Å². The first-order chi connectivity index (χ1) is 10.9. The molecule has 0 radical (unpaired) electrons. The number of amides is 2. The van der Waals surface area contributed by atoms with Crippen LogP contribution in [0.3, 0.4) is 0 Å². The van der Waals surface area contributed by atoms with Gasteiger partial charge in [0.15, 0.2) is 0 Å². The van der Waals surface area contributed by atoms with Crippen molar-refractivity contribution < 1.29 is 14.7 Å². The molecule has 0 unspecified atom stereocenters. The number of hydrogen-bond donors (Lipinski definition) is 2. The second-order valence-corrected chi connectivity index (χ2v) is 5.56. The number of carbonyl (C=O) groups is 1. The lowest BCUT2D eigenvalue weighted by Crippen LogP contribution is -2.36. The van der Waals surface area contributed by atoms with E-state index in [0.29, 0.717) is 10.8 Å². The smallest absolute Gasteiger partial charge is 0.345 e. The minimum Gasteiger partial charge on any atom is -0.489 e. The maximum Gasteiger partial charge on any atom is 0.345 e. The number of nitrogens with one attached hydrogen (secondary N) is 1. The summed E-state index contributed by atoms with van der Waals surface area (Å²) < 4.78 is 5.87. The number of ether oxygens (including phenoxy) is 1. The molecule has 5 nitrogen and oxygen atoms in total. The van der Waals surface area contributed by atoms with Gasteiger partial charge in [-0.05, 0) is 38.5 Å². The topological polar surface area (TPSA) is 61.8 Å². The van der Waals surface area contributed by atoms with Gasteiger partial charge in [0.1, 0.15) is 12.4 Å². The second kappa shape index (κ2) is 7.15. The molecule has 5 heteroatoms. The highest BCUT2D eigenvalue weighted by molar-refractivity contribution is 5.90. The molecule has 2 amide bonds. The number of aryl methyl sites for hydroxylation is 3. The van der Waals surface area contributed by atoms with Crippen LogP contribution in [0.2, 0.25) is 0 Å². The van der Waals surface area contributed by atoms with Crippen molar-refractivity contribution in [1.82, 2.24) is 5.32 Å². The third-order valence-electron chi connectivity index (χ3n) is 3.58. The van der Waals surface area contributed by atoms with Crippen molar-refractivity contribution in [2.24, 2.45) is 0 Å². The maximum atomic E-state index is 11.6. The fourth-order valence-electron chi connectivity index (χ4n) is 2.37. The standard InChI is InChI=1S/C18H22N2O3/c1-12-6-8-17(14(3)9-12)23-11-15-10-13(2)5-7-16(15)20(22)18(21)19-4/h5-10,22H,11H2,1-4H3,(H,19,21). The zero-order valence-electron chi connectivity index (χ0n) is 13.9. The van der Waals surface area contributed by atoms with Gasteiger partial charge in [0.2, 0.25) is 0 Å². The lowest BCUT2D eigenvalue weighted by Gasteiger charge is -2.19. The van der Waals surface area contributed by atoms with Crippen molar-refractivity contribution in [3.63, 3.8) is 0 Å². The summed E-state index contributed by atoms with van der Waals surface area (Å²) in [6.07, 6.45) is 0. The average molecular weight is 314 g/mol. The van der Waals surface area contributed by atoms with E-state index in [-0.39, 0.29) is 6.61 Å². The molecule has 2 N–H and O–H groups in total. The molecule has 0 saturated heterocycles. The van der Waals surface area contributed by atoms with Gasteiger partial charge >= 0.3 is 6.03 Å². The van der Waals surface area contributed by atoms with E-state index in [9.17, 15) is 10.0 Å². The van der Waals surface area contributed by atoms with Gasteiger partial charge in [-0.15, -0.1) is 0 Å². The molecule has 0 bridgehead atoms. The Balaban J connectivity index is 2.24. The molecule has 0 aliphatic carbocycles. The molecule has 0 aliphatic heterocycles. The molecule has 0 atom stereocenters. The first kappa shape index (κ1) is 16.8. The van der Waals surface area contributed by atoms with E-state index in [1.807, 2.05) is 45.0 Å². The number of urea groups is 1. The van der Waals surface area contributed by atoms with Crippen LogP contribution in [-0.2, 0) is 6.61 Å². The molecule has 122 valence electrons. The lowest BCUT2D eigenvalue weighted by molar-refractivity contribution is 0.205. The Morgan fingerprint density at radius 1 is 1.13 bits per heavy atom. The highest BCUT2D eigenvalue weighted by Gasteiger charge is 2.16. The van der Waals surface area contributed by atoms with Crippen molar-refractivity contribution in [2.45, 2.75) is 27.4 Å². The molecule has 23 heavy (non-hydrogen) atoms. The molecule has 0 saturated carbocycles. The number of nitrogens with zero attached hydrogens (tertiary/aromatic N) is 1. The van der Waals surface area contributed by atoms with Gasteiger partial charge in [0.05, 0.1) is 5.69 Å². The van der Waals surface area contributed by atoms with Gasteiger partial charge in [-0.25, -0.2) is 4.79 Å². The number of hydrogen-bond acceptors (Lipinski definition) is 3. The van der Waals surface area contributed by atoms with Gasteiger partial charge < -0.3 is 10.1 Å². The minimum atomic E-state index is -0.596. The Bertz CT molecular complexity index is 713. The Labute approximate surface area is 136 Å². The van der Waals surface area contributed by atoms with Crippen molar-refractivity contribution in [2.75, 3.05) is 12.1 Å². The van der Waals surface area contributed by atoms with E-state index in [1.165, 1.54) is 12.6 Å². The zero-order valence-corrected chi connectivity index (χ0v) is 13.9. The third kappa shape index (κ3) is 4.02. The summed E-state index contributed by atoms with van der Waals surface area (Å²) >= 11 is 0. The van der Waals surface area contributed by atoms with E-state index >= 15 is 0 Å². The van der Waals surface area contributed by atoms with E-state index in [2.05, 4.69) is 11.4 Å². The Hall–Kier alpha value is -2.53. The first-order valence-electron chi connectivity index (χ1n) is 7.42. The molecule has 2 aromatic carbocycles. The molecule has 0 aliphatic rings. The Kier molecular flexibility index (Phi) is 5.24. The number of benzene rings is 2. The Morgan fingerprint density at radius 2 is 1.78 bits per heavy atom. The Morgan fingerprint density at radius 3 is 2.43 bits per heavy atom. The maximum absolute atomic E-state index is 11.6. The van der Waals surface area contributed by atoms with Crippen LogP contribution in [0.4, 0.5) is 10.5 Å². The van der Waals surface area contributed by atoms with E-state index in [4.69, 9.17) is 4.74 Å². The summed E-state index contributed by atoms with van der Waals surface area (Å²) in [4.78, 5) is 11.6. The highest BCUT2D eigenvalue weighted by atomic mass is 16.5. The molecule has 0 fully saturated rings. The summed E-state index contributed by atoms with van der Waals surface area (Å²) in [6, 6.07) is 10.8. The monoisotopic (exact) mass is 314 g/mol. The van der Waals surface area contributed by atoms with Crippen LogP contribution in [0.25, 0.3) is 0 Å². The summed E-state index contributed by atoms with van der Waals surface area (Å²) in [6.45, 7) is 6.23. The minimum absolute atomic E-state index is 0.259. The van der Waals surface area contributed by atoms with E-state index < -0.39 is 6.03 Å². The van der Waals surface area contributed by atoms with Gasteiger partial charge in [-0.3, -0.25) is 5.21 Å². The van der Waals surface area contributed by atoms with Gasteiger partial charge in [0.25, 0.3) is 0 Å². The van der Waals surface area contributed by atoms with Crippen molar-refractivity contribution in [1.29, 1.82) is 0 Å². The van der Waals surface area contributed by atoms with Crippen molar-refractivity contribution >= 4 is 11.7 Å². The molecule has 2 rings (SSSR count). The van der Waals surface area contributed by atoms with Gasteiger partial charge in [0, 0.05) is 12.6 Å². The average Bonchev–Trinajstić information content (AvgIpc) is 2.52. The van der Waals surface area contributed by atoms with Crippen LogP contribution in [0, 0.1) is 20.8 Å². The third-order valence-corrected chi connectivity index (χ3v) is 3.58. The highest BCUT2D eigenvalue weighted by Crippen LogP contribution is 2.25. The molecule has 0 heterocycles. The second-order valence-electron chi connectivity index (χ2n) is 5.56. The lowest BCUT2D eigenvalue weighted by atomic mass is 10.1. The van der Waals surface area contributed by atoms with Crippen molar-refractivity contribution in [3.05, 3.63) is 58.7 Å². The van der Waals surface area contributed by atoms with E-state index in [1.54, 1.807) is 6.07 Å². The zero-order chi connectivity index (χ0) is 17.0. The molecule has 0 spiro atoms. The van der Waals surface area contributed by atoms with Gasteiger partial charge in [-0.2, -0.15) is 5.06 Å². The van der Waals surface area contributed by atoms with Crippen LogP contribution >= 0.6 is 0 Å². The van der Waals surface area contributed by atoms with Crippen LogP contribution < -0.4 is 15.1 Å². The quantitative estimate of drug-likeness (QED) is 0.668. The largest absolute Gasteiger partial charge is 0.489 e. The van der Waals surface area contributed by atoms with Crippen LogP contribution in [0.15, 0.2) is 36.4 Å². The molecule has 2 aromatic rings. The SMILES string of the molecule is CNC(=O)N(O)c1ccc(C)cc1COc1ccc(C)cc1C. The fraction of sp³-hybridized carbons (Fsp3) is 0.278. The van der Waals surface area contributed by atoms with Gasteiger partial charge in [-0.1, -0.05) is 35.4 Å². The summed E-state index contributed by atoms with van der Waals surface area (Å²) in [5.74, 6) is 0.785. The van der Waals surface area contributed by atoms with Crippen LogP contribution in [0.5, 0.6) is 5.75 Å². The number of hydroxylamine groups is 1. The number of rotatable bonds is 4.